The summed E-state index contributed by atoms with van der Waals surface area (Å²) in [5, 5.41) is 6.50. The molecule has 3 aromatic rings. The summed E-state index contributed by atoms with van der Waals surface area (Å²) in [6.07, 6.45) is 3.66. The van der Waals surface area contributed by atoms with E-state index in [-0.39, 0.29) is 0 Å². The van der Waals surface area contributed by atoms with Crippen LogP contribution in [0.1, 0.15) is 0 Å². The van der Waals surface area contributed by atoms with Crippen LogP contribution >= 0.6 is 23.6 Å². The van der Waals surface area contributed by atoms with Gasteiger partial charge in [0.05, 0.1) is 4.88 Å². The second-order valence-electron chi connectivity index (χ2n) is 3.13. The smallest absolute Gasteiger partial charge is 0.129 e. The number of aromatic amines is 1. The Morgan fingerprint density at radius 1 is 1.47 bits per heavy atom. The molecule has 0 saturated carbocycles. The molecule has 0 radical (unpaired) electrons. The predicted molar refractivity (Wildman–Crippen MR) is 63.7 cm³/mol. The Hall–Kier alpha value is -1.46. The molecule has 0 spiro atoms. The van der Waals surface area contributed by atoms with Crippen LogP contribution in [-0.2, 0) is 0 Å². The minimum atomic E-state index is 0.716. The molecule has 0 fully saturated rings. The molecule has 0 aromatic carbocycles. The molecule has 5 heteroatoms. The first-order valence-electron chi connectivity index (χ1n) is 4.45. The van der Waals surface area contributed by atoms with Crippen molar-refractivity contribution in [1.82, 2.24) is 14.6 Å². The number of rotatable bonds is 1. The van der Waals surface area contributed by atoms with Gasteiger partial charge in [0.25, 0.3) is 0 Å². The van der Waals surface area contributed by atoms with Crippen LogP contribution in [0.4, 0.5) is 0 Å². The molecule has 0 atom stereocenters. The standard InChI is InChI=1S/C10H7N3S2/c14-10-8-6-7(9-2-1-5-15-9)12-13(8)4-3-11-10/h1-6H,(H,11,14). The lowest BCUT2D eigenvalue weighted by Gasteiger charge is -1.89. The van der Waals surface area contributed by atoms with Crippen LogP contribution in [0.25, 0.3) is 16.1 Å². The third-order valence-corrected chi connectivity index (χ3v) is 3.39. The highest BCUT2D eigenvalue weighted by Gasteiger charge is 2.05. The summed E-state index contributed by atoms with van der Waals surface area (Å²) in [6.45, 7) is 0. The number of hydrogen-bond acceptors (Lipinski definition) is 3. The normalized spacial score (nSPS) is 10.9. The van der Waals surface area contributed by atoms with E-state index in [0.29, 0.717) is 4.64 Å². The predicted octanol–water partition coefficient (Wildman–Crippen LogP) is 3.12. The van der Waals surface area contributed by atoms with Gasteiger partial charge in [-0.2, -0.15) is 5.10 Å². The fourth-order valence-electron chi connectivity index (χ4n) is 1.48. The molecule has 3 rings (SSSR count). The third kappa shape index (κ3) is 1.40. The SMILES string of the molecule is S=c1[nH]ccn2nc(-c3cccs3)cc12. The van der Waals surface area contributed by atoms with Gasteiger partial charge < -0.3 is 4.98 Å². The highest BCUT2D eigenvalue weighted by Crippen LogP contribution is 2.24. The number of thiophene rings is 1. The number of hydrogen-bond donors (Lipinski definition) is 1. The van der Waals surface area contributed by atoms with Gasteiger partial charge in [0.2, 0.25) is 0 Å². The number of fused-ring (bicyclic) bond motifs is 1. The van der Waals surface area contributed by atoms with Crippen molar-refractivity contribution in [2.75, 3.05) is 0 Å². The lowest BCUT2D eigenvalue weighted by atomic mass is 10.3. The van der Waals surface area contributed by atoms with Crippen LogP contribution in [0.5, 0.6) is 0 Å². The zero-order valence-electron chi connectivity index (χ0n) is 7.68. The van der Waals surface area contributed by atoms with Crippen molar-refractivity contribution in [3.63, 3.8) is 0 Å². The maximum atomic E-state index is 5.18. The molecule has 3 nitrogen and oxygen atoms in total. The van der Waals surface area contributed by atoms with Gasteiger partial charge in [-0.3, -0.25) is 0 Å². The first kappa shape index (κ1) is 8.82. The Kier molecular flexibility index (Phi) is 1.93. The Morgan fingerprint density at radius 2 is 2.40 bits per heavy atom. The van der Waals surface area contributed by atoms with Crippen LogP contribution in [0.15, 0.2) is 36.0 Å². The van der Waals surface area contributed by atoms with E-state index in [4.69, 9.17) is 12.2 Å². The second kappa shape index (κ2) is 3.29. The summed E-state index contributed by atoms with van der Waals surface area (Å²) in [5.74, 6) is 0. The maximum absolute atomic E-state index is 5.18. The topological polar surface area (TPSA) is 33.1 Å². The van der Waals surface area contributed by atoms with Crippen molar-refractivity contribution in [1.29, 1.82) is 0 Å². The van der Waals surface area contributed by atoms with Gasteiger partial charge >= 0.3 is 0 Å². The third-order valence-electron chi connectivity index (χ3n) is 2.17. The van der Waals surface area contributed by atoms with E-state index in [0.717, 1.165) is 16.1 Å². The van der Waals surface area contributed by atoms with E-state index in [9.17, 15) is 0 Å². The largest absolute Gasteiger partial charge is 0.350 e. The van der Waals surface area contributed by atoms with Gasteiger partial charge in [-0.05, 0) is 17.5 Å². The van der Waals surface area contributed by atoms with Crippen LogP contribution in [-0.4, -0.2) is 14.6 Å². The molecular formula is C10H7N3S2. The summed E-state index contributed by atoms with van der Waals surface area (Å²) in [6, 6.07) is 6.08. The molecule has 74 valence electrons. The van der Waals surface area contributed by atoms with Crippen LogP contribution in [0.2, 0.25) is 0 Å². The molecule has 1 N–H and O–H groups in total. The van der Waals surface area contributed by atoms with Crippen molar-refractivity contribution >= 4 is 29.1 Å². The Bertz CT molecular complexity index is 649. The zero-order chi connectivity index (χ0) is 10.3. The lowest BCUT2D eigenvalue weighted by Crippen LogP contribution is -1.87. The zero-order valence-corrected chi connectivity index (χ0v) is 9.31. The lowest BCUT2D eigenvalue weighted by molar-refractivity contribution is 0.948. The Morgan fingerprint density at radius 3 is 3.13 bits per heavy atom. The molecule has 0 saturated heterocycles. The van der Waals surface area contributed by atoms with Gasteiger partial charge in [-0.1, -0.05) is 18.3 Å². The maximum Gasteiger partial charge on any atom is 0.129 e. The molecule has 0 aliphatic rings. The minimum Gasteiger partial charge on any atom is -0.350 e. The molecule has 15 heavy (non-hydrogen) atoms. The van der Waals surface area contributed by atoms with E-state index in [1.165, 1.54) is 0 Å². The summed E-state index contributed by atoms with van der Waals surface area (Å²) in [4.78, 5) is 4.15. The summed E-state index contributed by atoms with van der Waals surface area (Å²) in [7, 11) is 0. The average Bonchev–Trinajstić information content (AvgIpc) is 2.86. The molecule has 0 bridgehead atoms. The first-order valence-corrected chi connectivity index (χ1v) is 5.74. The molecule has 3 heterocycles. The van der Waals surface area contributed by atoms with Crippen molar-refractivity contribution in [2.45, 2.75) is 0 Å². The molecule has 3 aromatic heterocycles. The van der Waals surface area contributed by atoms with Crippen LogP contribution < -0.4 is 0 Å². The minimum absolute atomic E-state index is 0.716. The van der Waals surface area contributed by atoms with E-state index < -0.39 is 0 Å². The second-order valence-corrected chi connectivity index (χ2v) is 4.48. The van der Waals surface area contributed by atoms with Crippen molar-refractivity contribution in [2.24, 2.45) is 0 Å². The Labute approximate surface area is 95.0 Å². The van der Waals surface area contributed by atoms with Crippen molar-refractivity contribution in [3.05, 3.63) is 40.6 Å². The fraction of sp³-hybridized carbons (Fsp3) is 0. The van der Waals surface area contributed by atoms with Gasteiger partial charge in [-0.15, -0.1) is 11.3 Å². The number of nitrogens with zero attached hydrogens (tertiary/aromatic N) is 2. The fourth-order valence-corrected chi connectivity index (χ4v) is 2.38. The van der Waals surface area contributed by atoms with Gasteiger partial charge in [0.1, 0.15) is 15.9 Å². The van der Waals surface area contributed by atoms with Crippen LogP contribution in [0.3, 0.4) is 0 Å². The molecular weight excluding hydrogens is 226 g/mol. The quantitative estimate of drug-likeness (QED) is 0.655. The molecule has 0 unspecified atom stereocenters. The van der Waals surface area contributed by atoms with Crippen molar-refractivity contribution in [3.8, 4) is 10.6 Å². The van der Waals surface area contributed by atoms with Crippen molar-refractivity contribution < 1.29 is 0 Å². The van der Waals surface area contributed by atoms with E-state index in [1.54, 1.807) is 22.0 Å². The average molecular weight is 233 g/mol. The van der Waals surface area contributed by atoms with Gasteiger partial charge in [-0.25, -0.2) is 4.52 Å². The number of nitrogens with one attached hydrogen (secondary N) is 1. The van der Waals surface area contributed by atoms with Crippen LogP contribution in [0, 0.1) is 4.64 Å². The number of aromatic nitrogens is 3. The van der Waals surface area contributed by atoms with E-state index in [1.807, 2.05) is 23.7 Å². The highest BCUT2D eigenvalue weighted by atomic mass is 32.1. The van der Waals surface area contributed by atoms with E-state index in [2.05, 4.69) is 16.1 Å². The molecule has 0 aliphatic carbocycles. The summed E-state index contributed by atoms with van der Waals surface area (Å²) in [5.41, 5.74) is 1.91. The number of H-pyrrole nitrogens is 1. The Balaban J connectivity index is 2.32. The molecule has 0 amide bonds. The first-order chi connectivity index (χ1) is 7.34. The van der Waals surface area contributed by atoms with Gasteiger partial charge in [0, 0.05) is 12.4 Å². The summed E-state index contributed by atoms with van der Waals surface area (Å²) >= 11 is 6.86. The molecule has 0 aliphatic heterocycles. The monoisotopic (exact) mass is 233 g/mol. The van der Waals surface area contributed by atoms with E-state index >= 15 is 0 Å². The highest BCUT2D eigenvalue weighted by molar-refractivity contribution is 7.71. The summed E-state index contributed by atoms with van der Waals surface area (Å²) < 4.78 is 2.52. The van der Waals surface area contributed by atoms with Gasteiger partial charge in [0.15, 0.2) is 0 Å².